The third-order valence-corrected chi connectivity index (χ3v) is 7.76. The van der Waals surface area contributed by atoms with Crippen LogP contribution in [0.1, 0.15) is 51.9 Å². The van der Waals surface area contributed by atoms with E-state index in [0.29, 0.717) is 38.1 Å². The Morgan fingerprint density at radius 1 is 0.727 bits per heavy atom. The smallest absolute Gasteiger partial charge is 0.281 e. The lowest BCUT2D eigenvalue weighted by Gasteiger charge is -2.41. The fraction of sp³-hybridized carbons (Fsp3) is 1.00. The molecule has 0 aromatic heterocycles. The number of nitrogens with zero attached hydrogens (tertiary/aromatic N) is 3. The lowest BCUT2D eigenvalue weighted by atomic mass is 10.0. The average molecular weight is 330 g/mol. The fourth-order valence-corrected chi connectivity index (χ4v) is 5.77. The second kappa shape index (κ2) is 7.16. The van der Waals surface area contributed by atoms with Gasteiger partial charge in [0.2, 0.25) is 0 Å². The number of rotatable bonds is 3. The normalized spacial score (nSPS) is 29.0. The Hall–Kier alpha value is -0.170. The van der Waals surface area contributed by atoms with Gasteiger partial charge in [-0.25, -0.2) is 0 Å². The van der Waals surface area contributed by atoms with Crippen LogP contribution in [0.5, 0.6) is 0 Å². The molecule has 0 radical (unpaired) electrons. The van der Waals surface area contributed by atoms with Gasteiger partial charge in [0.05, 0.1) is 0 Å². The molecule has 22 heavy (non-hydrogen) atoms. The van der Waals surface area contributed by atoms with Crippen molar-refractivity contribution in [2.75, 3.05) is 39.3 Å². The Labute approximate surface area is 135 Å². The van der Waals surface area contributed by atoms with Gasteiger partial charge in [0, 0.05) is 32.2 Å². The van der Waals surface area contributed by atoms with Gasteiger partial charge in [-0.05, 0) is 57.5 Å². The third kappa shape index (κ3) is 3.66. The molecular formula is C16H31N3O2S. The molecule has 5 nitrogen and oxygen atoms in total. The monoisotopic (exact) mass is 329 g/mol. The third-order valence-electron chi connectivity index (χ3n) is 5.73. The van der Waals surface area contributed by atoms with Crippen LogP contribution in [0.2, 0.25) is 0 Å². The molecule has 0 unspecified atom stereocenters. The molecule has 3 saturated heterocycles. The SMILES string of the molecule is CC1CCN(S(=O)(=O)N2CCC(N3CCCCC3)CC2)CC1. The van der Waals surface area contributed by atoms with E-state index in [1.165, 1.54) is 32.4 Å². The molecule has 0 atom stereocenters. The van der Waals surface area contributed by atoms with Crippen LogP contribution in [0.4, 0.5) is 0 Å². The molecule has 3 aliphatic heterocycles. The molecule has 3 aliphatic rings. The summed E-state index contributed by atoms with van der Waals surface area (Å²) in [7, 11) is -3.21. The van der Waals surface area contributed by atoms with E-state index in [1.54, 1.807) is 8.61 Å². The van der Waals surface area contributed by atoms with Crippen molar-refractivity contribution in [3.05, 3.63) is 0 Å². The minimum Gasteiger partial charge on any atom is -0.300 e. The summed E-state index contributed by atoms with van der Waals surface area (Å²) in [5, 5.41) is 0. The van der Waals surface area contributed by atoms with Gasteiger partial charge in [0.15, 0.2) is 0 Å². The van der Waals surface area contributed by atoms with Crippen LogP contribution in [-0.4, -0.2) is 67.2 Å². The number of hydrogen-bond donors (Lipinski definition) is 0. The Morgan fingerprint density at radius 2 is 1.23 bits per heavy atom. The summed E-state index contributed by atoms with van der Waals surface area (Å²) in [6.45, 7) is 7.45. The summed E-state index contributed by atoms with van der Waals surface area (Å²) in [5.41, 5.74) is 0. The van der Waals surface area contributed by atoms with E-state index in [1.807, 2.05) is 0 Å². The molecule has 0 aliphatic carbocycles. The van der Waals surface area contributed by atoms with Crippen molar-refractivity contribution in [1.82, 2.24) is 13.5 Å². The predicted octanol–water partition coefficient (Wildman–Crippen LogP) is 1.91. The first-order valence-corrected chi connectivity index (χ1v) is 10.5. The van der Waals surface area contributed by atoms with Gasteiger partial charge in [-0.15, -0.1) is 0 Å². The molecule has 0 aromatic rings. The quantitative estimate of drug-likeness (QED) is 0.794. The molecule has 0 bridgehead atoms. The van der Waals surface area contributed by atoms with Crippen LogP contribution < -0.4 is 0 Å². The maximum absolute atomic E-state index is 12.8. The van der Waals surface area contributed by atoms with Crippen molar-refractivity contribution in [2.45, 2.75) is 57.9 Å². The van der Waals surface area contributed by atoms with Crippen molar-refractivity contribution in [3.8, 4) is 0 Å². The standard InChI is InChI=1S/C16H31N3O2S/c1-15-5-11-18(12-6-15)22(20,21)19-13-7-16(8-14-19)17-9-3-2-4-10-17/h15-16H,2-14H2,1H3. The van der Waals surface area contributed by atoms with Gasteiger partial charge in [-0.3, -0.25) is 0 Å². The summed E-state index contributed by atoms with van der Waals surface area (Å²) >= 11 is 0. The molecule has 3 heterocycles. The van der Waals surface area contributed by atoms with E-state index in [9.17, 15) is 8.42 Å². The Kier molecular flexibility index (Phi) is 5.43. The Bertz CT molecular complexity index is 446. The molecule has 128 valence electrons. The second-order valence-electron chi connectivity index (χ2n) is 7.32. The zero-order valence-corrected chi connectivity index (χ0v) is 14.7. The summed E-state index contributed by atoms with van der Waals surface area (Å²) in [4.78, 5) is 2.59. The van der Waals surface area contributed by atoms with Gasteiger partial charge in [-0.1, -0.05) is 13.3 Å². The van der Waals surface area contributed by atoms with Crippen LogP contribution in [0.25, 0.3) is 0 Å². The lowest BCUT2D eigenvalue weighted by molar-refractivity contribution is 0.115. The van der Waals surface area contributed by atoms with Gasteiger partial charge in [0.25, 0.3) is 10.2 Å². The molecule has 0 amide bonds. The Balaban J connectivity index is 1.53. The number of likely N-dealkylation sites (tertiary alicyclic amines) is 1. The average Bonchev–Trinajstić information content (AvgIpc) is 2.56. The first kappa shape index (κ1) is 16.7. The van der Waals surface area contributed by atoms with Crippen molar-refractivity contribution >= 4 is 10.2 Å². The van der Waals surface area contributed by atoms with Gasteiger partial charge in [-0.2, -0.15) is 17.0 Å². The summed E-state index contributed by atoms with van der Waals surface area (Å²) in [6.07, 6.45) is 7.99. The molecule has 3 rings (SSSR count). The highest BCUT2D eigenvalue weighted by Gasteiger charge is 2.35. The largest absolute Gasteiger partial charge is 0.300 e. The van der Waals surface area contributed by atoms with Crippen molar-refractivity contribution < 1.29 is 8.42 Å². The van der Waals surface area contributed by atoms with E-state index in [-0.39, 0.29) is 0 Å². The number of piperidine rings is 3. The summed E-state index contributed by atoms with van der Waals surface area (Å²) < 4.78 is 29.0. The molecule has 0 saturated carbocycles. The van der Waals surface area contributed by atoms with Crippen LogP contribution in [0.15, 0.2) is 0 Å². The maximum Gasteiger partial charge on any atom is 0.281 e. The Morgan fingerprint density at radius 3 is 1.77 bits per heavy atom. The van der Waals surface area contributed by atoms with E-state index < -0.39 is 10.2 Å². The van der Waals surface area contributed by atoms with Crippen LogP contribution >= 0.6 is 0 Å². The van der Waals surface area contributed by atoms with Gasteiger partial charge < -0.3 is 4.90 Å². The van der Waals surface area contributed by atoms with Crippen LogP contribution in [0, 0.1) is 5.92 Å². The molecule has 0 N–H and O–H groups in total. The maximum atomic E-state index is 12.8. The first-order valence-electron chi connectivity index (χ1n) is 9.06. The second-order valence-corrected chi connectivity index (χ2v) is 9.24. The lowest BCUT2D eigenvalue weighted by Crippen LogP contribution is -2.52. The molecular weight excluding hydrogens is 298 g/mol. The topological polar surface area (TPSA) is 43.9 Å². The highest BCUT2D eigenvalue weighted by atomic mass is 32.2. The first-order chi connectivity index (χ1) is 10.6. The van der Waals surface area contributed by atoms with Crippen LogP contribution in [-0.2, 0) is 10.2 Å². The molecule has 0 spiro atoms. The van der Waals surface area contributed by atoms with Gasteiger partial charge >= 0.3 is 0 Å². The van der Waals surface area contributed by atoms with E-state index in [4.69, 9.17) is 0 Å². The zero-order chi connectivity index (χ0) is 15.6. The van der Waals surface area contributed by atoms with Crippen LogP contribution in [0.3, 0.4) is 0 Å². The predicted molar refractivity (Wildman–Crippen MR) is 88.9 cm³/mol. The molecule has 3 fully saturated rings. The number of hydrogen-bond acceptors (Lipinski definition) is 3. The van der Waals surface area contributed by atoms with Gasteiger partial charge in [0.1, 0.15) is 0 Å². The van der Waals surface area contributed by atoms with Crippen molar-refractivity contribution in [3.63, 3.8) is 0 Å². The fourth-order valence-electron chi connectivity index (χ4n) is 4.10. The highest BCUT2D eigenvalue weighted by molar-refractivity contribution is 7.86. The highest BCUT2D eigenvalue weighted by Crippen LogP contribution is 2.25. The van der Waals surface area contributed by atoms with Crippen molar-refractivity contribution in [2.24, 2.45) is 5.92 Å². The minimum absolute atomic E-state index is 0.605. The summed E-state index contributed by atoms with van der Waals surface area (Å²) in [5.74, 6) is 0.663. The minimum atomic E-state index is -3.21. The van der Waals surface area contributed by atoms with E-state index in [2.05, 4.69) is 11.8 Å². The summed E-state index contributed by atoms with van der Waals surface area (Å²) in [6, 6.07) is 0.605. The van der Waals surface area contributed by atoms with Crippen molar-refractivity contribution in [1.29, 1.82) is 0 Å². The molecule has 0 aromatic carbocycles. The zero-order valence-electron chi connectivity index (χ0n) is 13.9. The molecule has 6 heteroatoms. The van der Waals surface area contributed by atoms with E-state index >= 15 is 0 Å². The van der Waals surface area contributed by atoms with E-state index in [0.717, 1.165) is 25.7 Å².